The summed E-state index contributed by atoms with van der Waals surface area (Å²) in [6.45, 7) is 1.54. The molecule has 2 aromatic carbocycles. The number of pyridine rings is 1. The molecule has 32 heavy (non-hydrogen) atoms. The number of aromatic nitrogens is 1. The molecule has 0 radical (unpaired) electrons. The van der Waals surface area contributed by atoms with Gasteiger partial charge in [0, 0.05) is 22.7 Å². The van der Waals surface area contributed by atoms with Gasteiger partial charge >= 0.3 is 18.2 Å². The Labute approximate surface area is 180 Å². The third kappa shape index (κ3) is 5.65. The molecule has 0 bridgehead atoms. The van der Waals surface area contributed by atoms with Crippen molar-refractivity contribution in [1.82, 2.24) is 10.3 Å². The molecule has 1 aromatic heterocycles. The first-order chi connectivity index (χ1) is 15.2. The summed E-state index contributed by atoms with van der Waals surface area (Å²) in [5.41, 5.74) is -0.124. The molecule has 0 fully saturated rings. The largest absolute Gasteiger partial charge is 0.465 e. The van der Waals surface area contributed by atoms with Gasteiger partial charge in [-0.05, 0) is 42.7 Å². The lowest BCUT2D eigenvalue weighted by Crippen LogP contribution is -2.34. The smallest absolute Gasteiger partial charge is 0.417 e. The van der Waals surface area contributed by atoms with Crippen LogP contribution in [0.5, 0.6) is 0 Å². The summed E-state index contributed by atoms with van der Waals surface area (Å²) in [5, 5.41) is 4.88. The highest BCUT2D eigenvalue weighted by atomic mass is 19.4. The van der Waals surface area contributed by atoms with Gasteiger partial charge in [-0.15, -0.1) is 0 Å². The van der Waals surface area contributed by atoms with Crippen molar-refractivity contribution in [1.29, 1.82) is 0 Å². The number of aromatic amines is 1. The molecular formula is C22H20F3N3O4. The second kappa shape index (κ2) is 9.54. The van der Waals surface area contributed by atoms with Gasteiger partial charge in [0.25, 0.3) is 0 Å². The van der Waals surface area contributed by atoms with Crippen LogP contribution < -0.4 is 16.2 Å². The zero-order chi connectivity index (χ0) is 23.3. The number of benzene rings is 2. The molecule has 0 atom stereocenters. The molecule has 3 rings (SSSR count). The molecule has 3 N–H and O–H groups in total. The van der Waals surface area contributed by atoms with E-state index in [0.29, 0.717) is 22.9 Å². The van der Waals surface area contributed by atoms with Crippen LogP contribution in [0.3, 0.4) is 0 Å². The molecule has 0 spiro atoms. The predicted octanol–water partition coefficient (Wildman–Crippen LogP) is 3.82. The molecule has 0 saturated carbocycles. The maximum absolute atomic E-state index is 13.4. The average Bonchev–Trinajstić information content (AvgIpc) is 2.73. The Hall–Kier alpha value is -3.82. The molecule has 0 aliphatic rings. The number of ether oxygens (including phenoxy) is 1. The number of amides is 2. The second-order valence-corrected chi connectivity index (χ2v) is 6.87. The number of esters is 1. The Morgan fingerprint density at radius 3 is 2.56 bits per heavy atom. The number of para-hydroxylation sites is 1. The number of hydrogen-bond acceptors (Lipinski definition) is 4. The van der Waals surface area contributed by atoms with Crippen LogP contribution >= 0.6 is 0 Å². The van der Waals surface area contributed by atoms with Gasteiger partial charge in [-0.2, -0.15) is 13.2 Å². The lowest BCUT2D eigenvalue weighted by molar-refractivity contribution is -0.141. The number of hydrogen-bond donors (Lipinski definition) is 3. The standard InChI is InChI=1S/C22H20F3N3O4/c1-2-32-20(30)12-26-21(31)28-17-6-4-3-5-14(17)9-13-7-8-18-15(10-13)16(22(23,24)25)11-19(29)27-18/h3-8,10-11H,2,9,12H2,1H3,(H,27,29)(H2,26,28,31). The molecule has 10 heteroatoms. The first kappa shape index (κ1) is 22.9. The Kier molecular flexibility index (Phi) is 6.82. The summed E-state index contributed by atoms with van der Waals surface area (Å²) < 4.78 is 44.9. The van der Waals surface area contributed by atoms with E-state index in [4.69, 9.17) is 4.74 Å². The number of nitrogens with one attached hydrogen (secondary N) is 3. The SMILES string of the molecule is CCOC(=O)CNC(=O)Nc1ccccc1Cc1ccc2[nH]c(=O)cc(C(F)(F)F)c2c1. The van der Waals surface area contributed by atoms with Crippen molar-refractivity contribution in [3.63, 3.8) is 0 Å². The van der Waals surface area contributed by atoms with E-state index in [9.17, 15) is 27.6 Å². The van der Waals surface area contributed by atoms with Crippen LogP contribution in [0.25, 0.3) is 10.9 Å². The van der Waals surface area contributed by atoms with Crippen molar-refractivity contribution >= 4 is 28.6 Å². The topological polar surface area (TPSA) is 100 Å². The van der Waals surface area contributed by atoms with Crippen LogP contribution in [-0.2, 0) is 22.1 Å². The molecule has 7 nitrogen and oxygen atoms in total. The van der Waals surface area contributed by atoms with Crippen molar-refractivity contribution in [2.75, 3.05) is 18.5 Å². The number of rotatable bonds is 6. The first-order valence-corrected chi connectivity index (χ1v) is 9.69. The maximum Gasteiger partial charge on any atom is 0.417 e. The number of H-pyrrole nitrogens is 1. The van der Waals surface area contributed by atoms with Gasteiger partial charge in [-0.1, -0.05) is 24.3 Å². The fraction of sp³-hybridized carbons (Fsp3) is 0.227. The lowest BCUT2D eigenvalue weighted by Gasteiger charge is -2.14. The van der Waals surface area contributed by atoms with Crippen molar-refractivity contribution in [2.45, 2.75) is 19.5 Å². The second-order valence-electron chi connectivity index (χ2n) is 6.87. The van der Waals surface area contributed by atoms with Crippen molar-refractivity contribution < 1.29 is 27.5 Å². The van der Waals surface area contributed by atoms with E-state index in [2.05, 4.69) is 15.6 Å². The molecule has 3 aromatic rings. The van der Waals surface area contributed by atoms with Gasteiger partial charge in [0.15, 0.2) is 0 Å². The minimum atomic E-state index is -4.68. The summed E-state index contributed by atoms with van der Waals surface area (Å²) >= 11 is 0. The van der Waals surface area contributed by atoms with E-state index < -0.39 is 29.3 Å². The number of anilines is 1. The minimum Gasteiger partial charge on any atom is -0.465 e. The number of carbonyl (C=O) groups is 2. The summed E-state index contributed by atoms with van der Waals surface area (Å²) in [7, 11) is 0. The van der Waals surface area contributed by atoms with Crippen LogP contribution in [0, 0.1) is 0 Å². The molecule has 168 valence electrons. The summed E-state index contributed by atoms with van der Waals surface area (Å²) in [6, 6.07) is 11.1. The van der Waals surface area contributed by atoms with Crippen LogP contribution in [0.4, 0.5) is 23.7 Å². The summed E-state index contributed by atoms with van der Waals surface area (Å²) in [4.78, 5) is 37.4. The van der Waals surface area contributed by atoms with Crippen molar-refractivity contribution in [3.8, 4) is 0 Å². The normalized spacial score (nSPS) is 11.2. The number of fused-ring (bicyclic) bond motifs is 1. The summed E-state index contributed by atoms with van der Waals surface area (Å²) in [6.07, 6.45) is -4.46. The van der Waals surface area contributed by atoms with Crippen molar-refractivity contribution in [3.05, 3.63) is 75.6 Å². The molecule has 2 amide bonds. The molecular weight excluding hydrogens is 427 g/mol. The van der Waals surface area contributed by atoms with E-state index in [1.807, 2.05) is 0 Å². The minimum absolute atomic E-state index is 0.0818. The number of carbonyl (C=O) groups excluding carboxylic acids is 2. The zero-order valence-corrected chi connectivity index (χ0v) is 17.0. The fourth-order valence-electron chi connectivity index (χ4n) is 3.19. The highest BCUT2D eigenvalue weighted by molar-refractivity contribution is 5.92. The van der Waals surface area contributed by atoms with Gasteiger partial charge < -0.3 is 20.4 Å². The Bertz CT molecular complexity index is 1200. The first-order valence-electron chi connectivity index (χ1n) is 9.69. The lowest BCUT2D eigenvalue weighted by atomic mass is 9.99. The van der Waals surface area contributed by atoms with E-state index in [1.165, 1.54) is 12.1 Å². The van der Waals surface area contributed by atoms with Crippen LogP contribution in [0.1, 0.15) is 23.6 Å². The zero-order valence-electron chi connectivity index (χ0n) is 17.0. The Morgan fingerprint density at radius 2 is 1.84 bits per heavy atom. The van der Waals surface area contributed by atoms with Gasteiger partial charge in [0.2, 0.25) is 5.56 Å². The average molecular weight is 447 g/mol. The summed E-state index contributed by atoms with van der Waals surface area (Å²) in [5.74, 6) is -0.578. The maximum atomic E-state index is 13.4. The van der Waals surface area contributed by atoms with Crippen LogP contribution in [-0.4, -0.2) is 30.1 Å². The molecule has 1 heterocycles. The van der Waals surface area contributed by atoms with Crippen LogP contribution in [0.15, 0.2) is 53.3 Å². The van der Waals surface area contributed by atoms with Gasteiger partial charge in [-0.3, -0.25) is 9.59 Å². The van der Waals surface area contributed by atoms with E-state index in [0.717, 1.165) is 0 Å². The fourth-order valence-corrected chi connectivity index (χ4v) is 3.19. The van der Waals surface area contributed by atoms with Crippen LogP contribution in [0.2, 0.25) is 0 Å². The van der Waals surface area contributed by atoms with E-state index >= 15 is 0 Å². The monoisotopic (exact) mass is 447 g/mol. The number of alkyl halides is 3. The highest BCUT2D eigenvalue weighted by Crippen LogP contribution is 2.34. The third-order valence-corrected chi connectivity index (χ3v) is 4.57. The highest BCUT2D eigenvalue weighted by Gasteiger charge is 2.33. The number of urea groups is 1. The Morgan fingerprint density at radius 1 is 1.09 bits per heavy atom. The molecule has 0 unspecified atom stereocenters. The molecule has 0 saturated heterocycles. The number of halogens is 3. The molecule has 0 aliphatic heterocycles. The Balaban J connectivity index is 1.84. The van der Waals surface area contributed by atoms with E-state index in [1.54, 1.807) is 37.3 Å². The quantitative estimate of drug-likeness (QED) is 0.500. The predicted molar refractivity (Wildman–Crippen MR) is 112 cm³/mol. The van der Waals surface area contributed by atoms with E-state index in [-0.39, 0.29) is 30.5 Å². The van der Waals surface area contributed by atoms with Gasteiger partial charge in [-0.25, -0.2) is 4.79 Å². The van der Waals surface area contributed by atoms with Gasteiger partial charge in [0.05, 0.1) is 12.2 Å². The van der Waals surface area contributed by atoms with Gasteiger partial charge in [0.1, 0.15) is 6.54 Å². The third-order valence-electron chi connectivity index (χ3n) is 4.57. The molecule has 0 aliphatic carbocycles. The van der Waals surface area contributed by atoms with Crippen molar-refractivity contribution in [2.24, 2.45) is 0 Å².